The number of rotatable bonds is 4. The first-order valence-electron chi connectivity index (χ1n) is 4.79. The molecule has 0 bridgehead atoms. The Morgan fingerprint density at radius 2 is 1.76 bits per heavy atom. The van der Waals surface area contributed by atoms with Gasteiger partial charge in [-0.05, 0) is 18.6 Å². The second-order valence-electron chi connectivity index (χ2n) is 3.39. The first-order chi connectivity index (χ1) is 7.79. The molecular weight excluding hydrogens is 257 g/mol. The highest BCUT2D eigenvalue weighted by atomic mass is 32.2. The smallest absolute Gasteiger partial charge is 0.396 e. The first-order valence-corrected chi connectivity index (χ1v) is 6.44. The van der Waals surface area contributed by atoms with E-state index in [1.807, 2.05) is 0 Å². The van der Waals surface area contributed by atoms with Gasteiger partial charge in [0, 0.05) is 6.61 Å². The first kappa shape index (κ1) is 14.0. The molecule has 1 N–H and O–H groups in total. The summed E-state index contributed by atoms with van der Waals surface area (Å²) in [4.78, 5) is -0.735. The molecule has 0 unspecified atom stereocenters. The van der Waals surface area contributed by atoms with Crippen LogP contribution in [0.5, 0.6) is 0 Å². The maximum atomic E-state index is 12.6. The van der Waals surface area contributed by atoms with Crippen molar-refractivity contribution in [1.29, 1.82) is 0 Å². The molecule has 17 heavy (non-hydrogen) atoms. The van der Waals surface area contributed by atoms with Gasteiger partial charge in [-0.25, -0.2) is 8.42 Å². The van der Waals surface area contributed by atoms with Crippen molar-refractivity contribution in [2.24, 2.45) is 0 Å². The summed E-state index contributed by atoms with van der Waals surface area (Å²) in [6.45, 7) is -0.382. The lowest BCUT2D eigenvalue weighted by atomic mass is 10.2. The monoisotopic (exact) mass is 268 g/mol. The van der Waals surface area contributed by atoms with Gasteiger partial charge in [-0.1, -0.05) is 12.1 Å². The second kappa shape index (κ2) is 5.05. The molecule has 1 aromatic rings. The molecular formula is C10H11F3O3S. The zero-order valence-electron chi connectivity index (χ0n) is 8.74. The van der Waals surface area contributed by atoms with Crippen LogP contribution in [0.25, 0.3) is 0 Å². The van der Waals surface area contributed by atoms with E-state index >= 15 is 0 Å². The third-order valence-electron chi connectivity index (χ3n) is 2.10. The molecule has 0 radical (unpaired) electrons. The van der Waals surface area contributed by atoms with Crippen LogP contribution in [-0.4, -0.2) is 25.9 Å². The summed E-state index contributed by atoms with van der Waals surface area (Å²) in [6, 6.07) is 4.02. The predicted molar refractivity (Wildman–Crippen MR) is 55.2 cm³/mol. The number of aliphatic hydroxyl groups is 1. The lowest BCUT2D eigenvalue weighted by Gasteiger charge is -2.12. The summed E-state index contributed by atoms with van der Waals surface area (Å²) in [5, 5.41) is 8.52. The largest absolute Gasteiger partial charge is 0.417 e. The fraction of sp³-hybridized carbons (Fsp3) is 0.400. The van der Waals surface area contributed by atoms with E-state index in [9.17, 15) is 21.6 Å². The number of alkyl halides is 3. The summed E-state index contributed by atoms with van der Waals surface area (Å²) in [5.74, 6) is -0.503. The van der Waals surface area contributed by atoms with E-state index in [0.717, 1.165) is 18.2 Å². The fourth-order valence-corrected chi connectivity index (χ4v) is 2.87. The molecule has 0 heterocycles. The minimum atomic E-state index is -4.71. The molecule has 0 saturated heterocycles. The lowest BCUT2D eigenvalue weighted by molar-refractivity contribution is -0.139. The average molecular weight is 268 g/mol. The Balaban J connectivity index is 3.23. The van der Waals surface area contributed by atoms with Crippen LogP contribution in [0, 0.1) is 0 Å². The Morgan fingerprint density at radius 1 is 1.18 bits per heavy atom. The maximum absolute atomic E-state index is 12.6. The van der Waals surface area contributed by atoms with E-state index in [-0.39, 0.29) is 13.0 Å². The third-order valence-corrected chi connectivity index (χ3v) is 3.95. The van der Waals surface area contributed by atoms with Gasteiger partial charge >= 0.3 is 6.18 Å². The topological polar surface area (TPSA) is 54.4 Å². The van der Waals surface area contributed by atoms with Crippen LogP contribution in [0.1, 0.15) is 12.0 Å². The Kier molecular flexibility index (Phi) is 4.16. The number of benzene rings is 1. The van der Waals surface area contributed by atoms with Gasteiger partial charge in [0.25, 0.3) is 0 Å². The van der Waals surface area contributed by atoms with Crippen LogP contribution < -0.4 is 0 Å². The van der Waals surface area contributed by atoms with Gasteiger partial charge in [0.15, 0.2) is 9.84 Å². The molecule has 0 fully saturated rings. The zero-order chi connectivity index (χ0) is 13.1. The molecule has 1 rings (SSSR count). The molecule has 0 aliphatic carbocycles. The summed E-state index contributed by atoms with van der Waals surface area (Å²) >= 11 is 0. The van der Waals surface area contributed by atoms with E-state index in [4.69, 9.17) is 5.11 Å². The number of aliphatic hydroxyl groups excluding tert-OH is 1. The van der Waals surface area contributed by atoms with Gasteiger partial charge in [-0.15, -0.1) is 0 Å². The molecule has 1 aromatic carbocycles. The van der Waals surface area contributed by atoms with Crippen LogP contribution in [0.3, 0.4) is 0 Å². The SMILES string of the molecule is O=S(=O)(CCCO)c1ccccc1C(F)(F)F. The van der Waals surface area contributed by atoms with Crippen molar-refractivity contribution >= 4 is 9.84 Å². The lowest BCUT2D eigenvalue weighted by Crippen LogP contribution is -2.16. The maximum Gasteiger partial charge on any atom is 0.417 e. The number of halogens is 3. The summed E-state index contributed by atoms with van der Waals surface area (Å²) < 4.78 is 61.1. The van der Waals surface area contributed by atoms with Crippen molar-refractivity contribution in [1.82, 2.24) is 0 Å². The van der Waals surface area contributed by atoms with Gasteiger partial charge in [0.05, 0.1) is 16.2 Å². The van der Waals surface area contributed by atoms with Crippen LogP contribution in [-0.2, 0) is 16.0 Å². The Morgan fingerprint density at radius 3 is 2.29 bits per heavy atom. The number of sulfone groups is 1. The number of hydrogen-bond donors (Lipinski definition) is 1. The second-order valence-corrected chi connectivity index (χ2v) is 5.47. The van der Waals surface area contributed by atoms with Gasteiger partial charge in [-0.2, -0.15) is 13.2 Å². The normalized spacial score (nSPS) is 12.7. The standard InChI is InChI=1S/C10H11F3O3S/c11-10(12,13)8-4-1-2-5-9(8)17(15,16)7-3-6-14/h1-2,4-5,14H,3,6-7H2. The quantitative estimate of drug-likeness (QED) is 0.906. The highest BCUT2D eigenvalue weighted by Gasteiger charge is 2.36. The molecule has 0 saturated carbocycles. The Bertz CT molecular complexity index is 480. The molecule has 0 aromatic heterocycles. The molecule has 0 amide bonds. The Labute approximate surface area is 96.8 Å². The van der Waals surface area contributed by atoms with Crippen molar-refractivity contribution in [2.45, 2.75) is 17.5 Å². The van der Waals surface area contributed by atoms with E-state index < -0.39 is 32.2 Å². The zero-order valence-corrected chi connectivity index (χ0v) is 9.55. The van der Waals surface area contributed by atoms with Crippen molar-refractivity contribution in [3.8, 4) is 0 Å². The fourth-order valence-electron chi connectivity index (χ4n) is 1.34. The summed E-state index contributed by atoms with van der Waals surface area (Å²) in [6.07, 6.45) is -4.79. The van der Waals surface area contributed by atoms with Gasteiger partial charge in [-0.3, -0.25) is 0 Å². The number of hydrogen-bond acceptors (Lipinski definition) is 3. The highest BCUT2D eigenvalue weighted by Crippen LogP contribution is 2.34. The van der Waals surface area contributed by atoms with E-state index in [1.165, 1.54) is 6.07 Å². The molecule has 3 nitrogen and oxygen atoms in total. The molecule has 0 aliphatic rings. The molecule has 0 spiro atoms. The Hall–Kier alpha value is -1.08. The predicted octanol–water partition coefficient (Wildman–Crippen LogP) is 1.86. The van der Waals surface area contributed by atoms with Crippen LogP contribution in [0.4, 0.5) is 13.2 Å². The van der Waals surface area contributed by atoms with Crippen molar-refractivity contribution < 1.29 is 26.7 Å². The highest BCUT2D eigenvalue weighted by molar-refractivity contribution is 7.91. The van der Waals surface area contributed by atoms with Gasteiger partial charge < -0.3 is 5.11 Å². The van der Waals surface area contributed by atoms with Crippen LogP contribution >= 0.6 is 0 Å². The van der Waals surface area contributed by atoms with E-state index in [2.05, 4.69) is 0 Å². The molecule has 96 valence electrons. The minimum absolute atomic E-state index is 0.0888. The average Bonchev–Trinajstić information content (AvgIpc) is 2.25. The molecule has 0 atom stereocenters. The third kappa shape index (κ3) is 3.44. The molecule has 0 aliphatic heterocycles. The van der Waals surface area contributed by atoms with E-state index in [1.54, 1.807) is 0 Å². The minimum Gasteiger partial charge on any atom is -0.396 e. The summed E-state index contributed by atoms with van der Waals surface area (Å²) in [5.41, 5.74) is -1.17. The van der Waals surface area contributed by atoms with Gasteiger partial charge in [0.2, 0.25) is 0 Å². The van der Waals surface area contributed by atoms with Crippen molar-refractivity contribution in [3.05, 3.63) is 29.8 Å². The summed E-state index contributed by atoms with van der Waals surface area (Å²) in [7, 11) is -4.02. The van der Waals surface area contributed by atoms with E-state index in [0.29, 0.717) is 0 Å². The van der Waals surface area contributed by atoms with Crippen molar-refractivity contribution in [3.63, 3.8) is 0 Å². The van der Waals surface area contributed by atoms with Crippen LogP contribution in [0.15, 0.2) is 29.2 Å². The van der Waals surface area contributed by atoms with Crippen molar-refractivity contribution in [2.75, 3.05) is 12.4 Å². The van der Waals surface area contributed by atoms with Crippen LogP contribution in [0.2, 0.25) is 0 Å². The molecule has 7 heteroatoms. The van der Waals surface area contributed by atoms with Gasteiger partial charge in [0.1, 0.15) is 0 Å².